The number of nitrogens with zero attached hydrogens (tertiary/aromatic N) is 4. The molecule has 1 N–H and O–H groups in total. The number of anilines is 1. The van der Waals surface area contributed by atoms with Crippen molar-refractivity contribution in [2.75, 3.05) is 24.6 Å². The van der Waals surface area contributed by atoms with E-state index in [9.17, 15) is 9.90 Å². The number of fused-ring (bicyclic) bond motifs is 3. The summed E-state index contributed by atoms with van der Waals surface area (Å²) in [5.41, 5.74) is 0.545. The topological polar surface area (TPSA) is 110 Å². The molecule has 0 spiro atoms. The lowest BCUT2D eigenvalue weighted by Gasteiger charge is -2.55. The third-order valence-corrected chi connectivity index (χ3v) is 7.35. The predicted octanol–water partition coefficient (Wildman–Crippen LogP) is 5.85. The molecule has 3 atom stereocenters. The number of ether oxygens (including phenoxy) is 3. The number of alkyl halides is 2. The maximum Gasteiger partial charge on any atom is 0.454 e. The summed E-state index contributed by atoms with van der Waals surface area (Å²) in [6.45, 7) is 9.01. The number of amides is 1. The SMILES string of the molecule is CCOC(O)(CC)C(F)(F)Oc1ccc(-c2ccc(Cl)cn2)c2oc(N3CC4CC(C3)N4C(=O)OC(C)(C)C)nc12. The molecule has 5 heterocycles. The smallest absolute Gasteiger partial charge is 0.444 e. The van der Waals surface area contributed by atoms with Crippen molar-refractivity contribution in [2.45, 2.75) is 77.0 Å². The lowest BCUT2D eigenvalue weighted by molar-refractivity contribution is -0.382. The minimum atomic E-state index is -4.11. The van der Waals surface area contributed by atoms with E-state index in [1.54, 1.807) is 17.0 Å². The van der Waals surface area contributed by atoms with Gasteiger partial charge in [0, 0.05) is 37.9 Å². The molecule has 6 rings (SSSR count). The van der Waals surface area contributed by atoms with E-state index in [0.29, 0.717) is 29.4 Å². The highest BCUT2D eigenvalue weighted by atomic mass is 35.5. The molecule has 0 saturated carbocycles. The largest absolute Gasteiger partial charge is 0.454 e. The van der Waals surface area contributed by atoms with E-state index in [1.807, 2.05) is 25.7 Å². The molecule has 3 aromatic rings. The molecule has 222 valence electrons. The van der Waals surface area contributed by atoms with Crippen LogP contribution in [0.25, 0.3) is 22.4 Å². The third kappa shape index (κ3) is 5.52. The third-order valence-electron chi connectivity index (χ3n) is 7.12. The van der Waals surface area contributed by atoms with Gasteiger partial charge in [0.1, 0.15) is 5.60 Å². The van der Waals surface area contributed by atoms with Crippen molar-refractivity contribution in [2.24, 2.45) is 0 Å². The molecule has 2 bridgehead atoms. The maximum atomic E-state index is 15.3. The average Bonchev–Trinajstić information content (AvgIpc) is 3.34. The first-order valence-corrected chi connectivity index (χ1v) is 13.9. The second-order valence-corrected chi connectivity index (χ2v) is 11.6. The highest BCUT2D eigenvalue weighted by Gasteiger charge is 2.56. The van der Waals surface area contributed by atoms with E-state index in [-0.39, 0.29) is 47.6 Å². The molecular weight excluding hydrogens is 562 g/mol. The number of carbonyl (C=O) groups excluding carboxylic acids is 1. The fraction of sp³-hybridized carbons (Fsp3) is 0.536. The van der Waals surface area contributed by atoms with Crippen molar-refractivity contribution >= 4 is 34.8 Å². The molecule has 1 amide bonds. The van der Waals surface area contributed by atoms with Crippen LogP contribution in [0.15, 0.2) is 34.9 Å². The minimum Gasteiger partial charge on any atom is -0.444 e. The molecule has 3 fully saturated rings. The van der Waals surface area contributed by atoms with Crippen LogP contribution in [0.1, 0.15) is 47.5 Å². The number of piperazine rings is 1. The maximum absolute atomic E-state index is 15.3. The molecule has 41 heavy (non-hydrogen) atoms. The van der Waals surface area contributed by atoms with Gasteiger partial charge in [-0.2, -0.15) is 13.8 Å². The van der Waals surface area contributed by atoms with Crippen LogP contribution >= 0.6 is 11.6 Å². The van der Waals surface area contributed by atoms with Crippen LogP contribution in [0.3, 0.4) is 0 Å². The van der Waals surface area contributed by atoms with E-state index in [4.69, 9.17) is 30.2 Å². The molecular formula is C28H33ClF2N4O6. The van der Waals surface area contributed by atoms with Crippen LogP contribution in [0, 0.1) is 0 Å². The van der Waals surface area contributed by atoms with Crippen LogP contribution in [-0.2, 0) is 9.47 Å². The first-order valence-electron chi connectivity index (χ1n) is 13.5. The van der Waals surface area contributed by atoms with Crippen molar-refractivity contribution in [1.82, 2.24) is 14.9 Å². The predicted molar refractivity (Wildman–Crippen MR) is 147 cm³/mol. The second kappa shape index (κ2) is 10.6. The number of hydrogen-bond donors (Lipinski definition) is 1. The van der Waals surface area contributed by atoms with Crippen LogP contribution < -0.4 is 9.64 Å². The Labute approximate surface area is 241 Å². The fourth-order valence-corrected chi connectivity index (χ4v) is 5.27. The number of oxazole rings is 1. The quantitative estimate of drug-likeness (QED) is 0.321. The summed E-state index contributed by atoms with van der Waals surface area (Å²) < 4.78 is 52.3. The van der Waals surface area contributed by atoms with Gasteiger partial charge in [-0.1, -0.05) is 18.5 Å². The van der Waals surface area contributed by atoms with Gasteiger partial charge in [0.05, 0.1) is 22.8 Å². The number of rotatable bonds is 8. The van der Waals surface area contributed by atoms with Gasteiger partial charge in [-0.15, -0.1) is 0 Å². The van der Waals surface area contributed by atoms with E-state index in [1.165, 1.54) is 32.2 Å². The molecule has 13 heteroatoms. The summed E-state index contributed by atoms with van der Waals surface area (Å²) in [4.78, 5) is 25.2. The number of piperidine rings is 1. The van der Waals surface area contributed by atoms with E-state index in [0.717, 1.165) is 6.42 Å². The Morgan fingerprint density at radius 2 is 1.88 bits per heavy atom. The monoisotopic (exact) mass is 594 g/mol. The molecule has 0 radical (unpaired) electrons. The Kier molecular flexibility index (Phi) is 7.54. The normalized spacial score (nSPS) is 20.5. The first kappa shape index (κ1) is 29.3. The van der Waals surface area contributed by atoms with Gasteiger partial charge < -0.3 is 28.6 Å². The lowest BCUT2D eigenvalue weighted by Crippen LogP contribution is -2.70. The number of halogens is 3. The Bertz CT molecular complexity index is 1420. The van der Waals surface area contributed by atoms with E-state index in [2.05, 4.69) is 9.97 Å². The van der Waals surface area contributed by atoms with Gasteiger partial charge in [-0.25, -0.2) is 4.79 Å². The zero-order valence-electron chi connectivity index (χ0n) is 23.5. The van der Waals surface area contributed by atoms with E-state index < -0.39 is 23.9 Å². The number of hydrogen-bond acceptors (Lipinski definition) is 9. The summed E-state index contributed by atoms with van der Waals surface area (Å²) in [5.74, 6) is -3.15. The van der Waals surface area contributed by atoms with E-state index >= 15 is 8.78 Å². The molecule has 0 aliphatic carbocycles. The van der Waals surface area contributed by atoms with Gasteiger partial charge in [0.2, 0.25) is 0 Å². The fourth-order valence-electron chi connectivity index (χ4n) is 5.15. The van der Waals surface area contributed by atoms with Crippen LogP contribution in [-0.4, -0.2) is 75.3 Å². The second-order valence-electron chi connectivity index (χ2n) is 11.2. The molecule has 2 aromatic heterocycles. The van der Waals surface area contributed by atoms with Gasteiger partial charge in [-0.05, 0) is 58.4 Å². The molecule has 3 aliphatic rings. The zero-order chi connectivity index (χ0) is 29.7. The summed E-state index contributed by atoms with van der Waals surface area (Å²) in [7, 11) is 0. The number of pyridine rings is 1. The van der Waals surface area contributed by atoms with Crippen molar-refractivity contribution < 1.29 is 37.3 Å². The Morgan fingerprint density at radius 1 is 1.17 bits per heavy atom. The van der Waals surface area contributed by atoms with Gasteiger partial charge in [0.15, 0.2) is 16.8 Å². The Balaban J connectivity index is 1.49. The molecule has 3 unspecified atom stereocenters. The van der Waals surface area contributed by atoms with Crippen LogP contribution in [0.5, 0.6) is 5.75 Å². The van der Waals surface area contributed by atoms with Gasteiger partial charge >= 0.3 is 12.2 Å². The summed E-state index contributed by atoms with van der Waals surface area (Å²) in [6.07, 6.45) is -2.62. The number of aromatic nitrogens is 2. The molecule has 3 saturated heterocycles. The molecule has 10 nitrogen and oxygen atoms in total. The summed E-state index contributed by atoms with van der Waals surface area (Å²) >= 11 is 6.01. The summed E-state index contributed by atoms with van der Waals surface area (Å²) in [6, 6.07) is 6.15. The highest BCUT2D eigenvalue weighted by molar-refractivity contribution is 6.30. The molecule has 1 aromatic carbocycles. The highest BCUT2D eigenvalue weighted by Crippen LogP contribution is 2.43. The average molecular weight is 595 g/mol. The van der Waals surface area contributed by atoms with Crippen molar-refractivity contribution in [3.8, 4) is 17.0 Å². The van der Waals surface area contributed by atoms with Crippen molar-refractivity contribution in [1.29, 1.82) is 0 Å². The number of benzene rings is 1. The van der Waals surface area contributed by atoms with Gasteiger partial charge in [0.25, 0.3) is 11.8 Å². The van der Waals surface area contributed by atoms with Crippen LogP contribution in [0.4, 0.5) is 19.6 Å². The minimum absolute atomic E-state index is 0.0205. The zero-order valence-corrected chi connectivity index (χ0v) is 24.2. The molecule has 3 aliphatic heterocycles. The Hall–Kier alpha value is -3.22. The van der Waals surface area contributed by atoms with Crippen molar-refractivity contribution in [3.05, 3.63) is 35.5 Å². The van der Waals surface area contributed by atoms with Crippen LogP contribution in [0.2, 0.25) is 5.02 Å². The number of aliphatic hydroxyl groups is 1. The lowest BCUT2D eigenvalue weighted by atomic mass is 9.88. The Morgan fingerprint density at radius 3 is 2.46 bits per heavy atom. The summed E-state index contributed by atoms with van der Waals surface area (Å²) in [5, 5.41) is 10.9. The van der Waals surface area contributed by atoms with Gasteiger partial charge in [-0.3, -0.25) is 9.88 Å². The number of carbonyl (C=O) groups is 1. The standard InChI is InChI=1S/C28H33ClF2N4O6/c1-6-27(37,38-7-2)28(30,31)40-21-11-9-19(20-10-8-16(29)13-32-20)23-22(21)33-24(39-23)34-14-17-12-18(15-34)35(17)25(36)41-26(3,4)5/h8-11,13,17-18,37H,6-7,12,14-15H2,1-5H3. The first-order chi connectivity index (χ1) is 19.2. The van der Waals surface area contributed by atoms with Crippen molar-refractivity contribution in [3.63, 3.8) is 0 Å².